The highest BCUT2D eigenvalue weighted by atomic mass is 35.5. The molecule has 2 nitrogen and oxygen atoms in total. The summed E-state index contributed by atoms with van der Waals surface area (Å²) < 4.78 is 0. The fraction of sp³-hybridized carbons (Fsp3) is 0.368. The van der Waals surface area contributed by atoms with E-state index in [0.29, 0.717) is 12.1 Å². The zero-order valence-corrected chi connectivity index (χ0v) is 13.4. The number of likely N-dealkylation sites (tertiary alicyclic amines) is 1. The lowest BCUT2D eigenvalue weighted by Crippen LogP contribution is -2.50. The van der Waals surface area contributed by atoms with Crippen LogP contribution in [-0.4, -0.2) is 30.1 Å². The molecule has 2 aliphatic heterocycles. The molecule has 2 atom stereocenters. The van der Waals surface area contributed by atoms with Gasteiger partial charge >= 0.3 is 0 Å². The van der Waals surface area contributed by atoms with Gasteiger partial charge in [0.1, 0.15) is 0 Å². The summed E-state index contributed by atoms with van der Waals surface area (Å²) in [5, 5.41) is 4.49. The third-order valence-corrected chi connectivity index (χ3v) is 5.11. The van der Waals surface area contributed by atoms with Gasteiger partial charge in [0.05, 0.1) is 0 Å². The second-order valence-corrected chi connectivity index (χ2v) is 6.93. The molecule has 0 aliphatic carbocycles. The first-order chi connectivity index (χ1) is 10.8. The third-order valence-electron chi connectivity index (χ3n) is 4.86. The van der Waals surface area contributed by atoms with E-state index in [9.17, 15) is 0 Å². The zero-order chi connectivity index (χ0) is 14.9. The molecule has 114 valence electrons. The van der Waals surface area contributed by atoms with Crippen LogP contribution in [0.4, 0.5) is 0 Å². The molecule has 2 saturated heterocycles. The molecular weight excluding hydrogens is 292 g/mol. The van der Waals surface area contributed by atoms with Crippen LogP contribution in [0.25, 0.3) is 11.1 Å². The van der Waals surface area contributed by atoms with E-state index in [-0.39, 0.29) is 0 Å². The minimum Gasteiger partial charge on any atom is -0.309 e. The SMILES string of the molecule is Clc1ccc(-c2ccccc2CN2CC3CCC(C2)N3)cc1. The van der Waals surface area contributed by atoms with E-state index in [4.69, 9.17) is 11.6 Å². The number of piperazine rings is 1. The van der Waals surface area contributed by atoms with E-state index in [2.05, 4.69) is 46.6 Å². The highest BCUT2D eigenvalue weighted by molar-refractivity contribution is 6.30. The quantitative estimate of drug-likeness (QED) is 0.923. The molecule has 2 fully saturated rings. The van der Waals surface area contributed by atoms with Crippen LogP contribution in [0.3, 0.4) is 0 Å². The number of halogens is 1. The van der Waals surface area contributed by atoms with Crippen molar-refractivity contribution in [1.29, 1.82) is 0 Å². The monoisotopic (exact) mass is 312 g/mol. The van der Waals surface area contributed by atoms with Gasteiger partial charge < -0.3 is 5.32 Å². The normalized spacial score (nSPS) is 24.6. The maximum atomic E-state index is 6.02. The molecule has 0 saturated carbocycles. The van der Waals surface area contributed by atoms with Gasteiger partial charge in [-0.1, -0.05) is 48.0 Å². The first-order valence-electron chi connectivity index (χ1n) is 8.10. The summed E-state index contributed by atoms with van der Waals surface area (Å²) in [5.41, 5.74) is 3.98. The van der Waals surface area contributed by atoms with Crippen molar-refractivity contribution in [2.45, 2.75) is 31.5 Å². The van der Waals surface area contributed by atoms with Crippen molar-refractivity contribution in [2.24, 2.45) is 0 Å². The molecule has 2 aromatic rings. The number of benzene rings is 2. The van der Waals surface area contributed by atoms with E-state index in [0.717, 1.165) is 11.6 Å². The van der Waals surface area contributed by atoms with Crippen LogP contribution in [-0.2, 0) is 6.54 Å². The molecular formula is C19H21ClN2. The van der Waals surface area contributed by atoms with Crippen LogP contribution in [0.2, 0.25) is 5.02 Å². The Morgan fingerprint density at radius 1 is 0.955 bits per heavy atom. The summed E-state index contributed by atoms with van der Waals surface area (Å²) in [6.07, 6.45) is 2.67. The topological polar surface area (TPSA) is 15.3 Å². The van der Waals surface area contributed by atoms with Gasteiger partial charge in [-0.3, -0.25) is 4.90 Å². The molecule has 2 unspecified atom stereocenters. The molecule has 2 aliphatic rings. The van der Waals surface area contributed by atoms with Gasteiger partial charge in [0.2, 0.25) is 0 Å². The van der Waals surface area contributed by atoms with Crippen LogP contribution >= 0.6 is 11.6 Å². The molecule has 2 bridgehead atoms. The average Bonchev–Trinajstić information content (AvgIpc) is 2.88. The van der Waals surface area contributed by atoms with Gasteiger partial charge in [-0.2, -0.15) is 0 Å². The van der Waals surface area contributed by atoms with Crippen molar-refractivity contribution in [3.05, 3.63) is 59.1 Å². The summed E-state index contributed by atoms with van der Waals surface area (Å²) in [4.78, 5) is 2.60. The number of nitrogens with one attached hydrogen (secondary N) is 1. The minimum absolute atomic E-state index is 0.696. The van der Waals surface area contributed by atoms with Crippen molar-refractivity contribution < 1.29 is 0 Å². The lowest BCUT2D eigenvalue weighted by atomic mass is 9.99. The lowest BCUT2D eigenvalue weighted by Gasteiger charge is -2.33. The zero-order valence-electron chi connectivity index (χ0n) is 12.6. The van der Waals surface area contributed by atoms with Gasteiger partial charge in [-0.05, 0) is 41.7 Å². The molecule has 3 heteroatoms. The van der Waals surface area contributed by atoms with Crippen LogP contribution in [0.5, 0.6) is 0 Å². The Balaban J connectivity index is 1.58. The Kier molecular flexibility index (Phi) is 3.91. The number of hydrogen-bond acceptors (Lipinski definition) is 2. The van der Waals surface area contributed by atoms with Gasteiger partial charge in [0.15, 0.2) is 0 Å². The smallest absolute Gasteiger partial charge is 0.0406 e. The van der Waals surface area contributed by atoms with Crippen LogP contribution in [0, 0.1) is 0 Å². The average molecular weight is 313 g/mol. The van der Waals surface area contributed by atoms with Crippen LogP contribution in [0.1, 0.15) is 18.4 Å². The third kappa shape index (κ3) is 2.91. The van der Waals surface area contributed by atoms with Crippen molar-refractivity contribution in [2.75, 3.05) is 13.1 Å². The molecule has 1 N–H and O–H groups in total. The summed E-state index contributed by atoms with van der Waals surface area (Å²) in [7, 11) is 0. The fourth-order valence-electron chi connectivity index (χ4n) is 3.83. The van der Waals surface area contributed by atoms with Crippen molar-refractivity contribution in [3.8, 4) is 11.1 Å². The minimum atomic E-state index is 0.696. The molecule has 0 amide bonds. The highest BCUT2D eigenvalue weighted by Gasteiger charge is 2.32. The molecule has 2 heterocycles. The predicted molar refractivity (Wildman–Crippen MR) is 92.1 cm³/mol. The van der Waals surface area contributed by atoms with Crippen molar-refractivity contribution in [3.63, 3.8) is 0 Å². The summed E-state index contributed by atoms with van der Waals surface area (Å²) in [5.74, 6) is 0. The number of fused-ring (bicyclic) bond motifs is 2. The molecule has 0 spiro atoms. The first-order valence-corrected chi connectivity index (χ1v) is 8.48. The Labute approximate surface area is 137 Å². The first kappa shape index (κ1) is 14.3. The molecule has 22 heavy (non-hydrogen) atoms. The van der Waals surface area contributed by atoms with Gasteiger partial charge in [0.25, 0.3) is 0 Å². The number of nitrogens with zero attached hydrogens (tertiary/aromatic N) is 1. The van der Waals surface area contributed by atoms with E-state index >= 15 is 0 Å². The second kappa shape index (κ2) is 6.04. The summed E-state index contributed by atoms with van der Waals surface area (Å²) in [6.45, 7) is 3.38. The maximum Gasteiger partial charge on any atom is 0.0406 e. The van der Waals surface area contributed by atoms with Gasteiger partial charge in [0, 0.05) is 36.7 Å². The van der Waals surface area contributed by atoms with E-state index < -0.39 is 0 Å². The fourth-order valence-corrected chi connectivity index (χ4v) is 3.95. The summed E-state index contributed by atoms with van der Waals surface area (Å²) >= 11 is 6.02. The molecule has 4 rings (SSSR count). The molecule has 0 radical (unpaired) electrons. The number of rotatable bonds is 3. The molecule has 2 aromatic carbocycles. The van der Waals surface area contributed by atoms with Crippen molar-refractivity contribution >= 4 is 11.6 Å². The highest BCUT2D eigenvalue weighted by Crippen LogP contribution is 2.28. The summed E-state index contributed by atoms with van der Waals surface area (Å²) in [6, 6.07) is 18.3. The van der Waals surface area contributed by atoms with Gasteiger partial charge in [-0.15, -0.1) is 0 Å². The van der Waals surface area contributed by atoms with Crippen LogP contribution in [0.15, 0.2) is 48.5 Å². The predicted octanol–water partition coefficient (Wildman–Crippen LogP) is 3.94. The van der Waals surface area contributed by atoms with Crippen LogP contribution < -0.4 is 5.32 Å². The van der Waals surface area contributed by atoms with E-state index in [1.807, 2.05) is 12.1 Å². The second-order valence-electron chi connectivity index (χ2n) is 6.50. The Hall–Kier alpha value is -1.35. The largest absolute Gasteiger partial charge is 0.309 e. The Morgan fingerprint density at radius 3 is 2.36 bits per heavy atom. The van der Waals surface area contributed by atoms with Crippen molar-refractivity contribution in [1.82, 2.24) is 10.2 Å². The number of hydrogen-bond donors (Lipinski definition) is 1. The Bertz CT molecular complexity index is 641. The van der Waals surface area contributed by atoms with Gasteiger partial charge in [-0.25, -0.2) is 0 Å². The standard InChI is InChI=1S/C19H21ClN2/c20-16-7-5-14(6-8-16)19-4-2-1-3-15(19)11-22-12-17-9-10-18(13-22)21-17/h1-8,17-18,21H,9-13H2. The van der Waals surface area contributed by atoms with E-state index in [1.54, 1.807) is 0 Å². The maximum absolute atomic E-state index is 6.02. The lowest BCUT2D eigenvalue weighted by molar-refractivity contribution is 0.189. The molecule has 0 aromatic heterocycles. The van der Waals surface area contributed by atoms with E-state index in [1.165, 1.54) is 42.6 Å². The Morgan fingerprint density at radius 2 is 1.64 bits per heavy atom.